The number of rotatable bonds is 0. The van der Waals surface area contributed by atoms with Crippen molar-refractivity contribution in [3.8, 4) is 0 Å². The van der Waals surface area contributed by atoms with Gasteiger partial charge < -0.3 is 9.47 Å². The van der Waals surface area contributed by atoms with Crippen molar-refractivity contribution in [3.05, 3.63) is 23.8 Å². The number of hydrogen-bond acceptors (Lipinski definition) is 4. The van der Waals surface area contributed by atoms with Crippen LogP contribution in [0, 0.1) is 0 Å². The van der Waals surface area contributed by atoms with Crippen molar-refractivity contribution in [3.63, 3.8) is 0 Å². The summed E-state index contributed by atoms with van der Waals surface area (Å²) < 4.78 is 10.2. The summed E-state index contributed by atoms with van der Waals surface area (Å²) in [6.45, 7) is 0.571. The zero-order chi connectivity index (χ0) is 9.26. The van der Waals surface area contributed by atoms with E-state index in [0.717, 1.165) is 0 Å². The third-order valence-electron chi connectivity index (χ3n) is 1.83. The number of ether oxygens (including phenoxy) is 2. The molecule has 2 amide bonds. The predicted molar refractivity (Wildman–Crippen MR) is 42.6 cm³/mol. The standard InChI is InChI=1S/C7H9N3O3/c8-9-7(11)10-2-1-5-6(3-10)13-4-12-5/h1-2H,3-4,8H2,(H,9,11). The maximum atomic E-state index is 11.1. The van der Waals surface area contributed by atoms with Crippen LogP contribution < -0.4 is 11.3 Å². The van der Waals surface area contributed by atoms with Crippen LogP contribution in [-0.2, 0) is 9.47 Å². The summed E-state index contributed by atoms with van der Waals surface area (Å²) >= 11 is 0. The number of allylic oxidation sites excluding steroid dienone is 1. The lowest BCUT2D eigenvalue weighted by Gasteiger charge is -2.19. The van der Waals surface area contributed by atoms with Crippen LogP contribution in [0.15, 0.2) is 23.8 Å². The van der Waals surface area contributed by atoms with Crippen molar-refractivity contribution in [1.29, 1.82) is 0 Å². The summed E-state index contributed by atoms with van der Waals surface area (Å²) in [4.78, 5) is 12.5. The SMILES string of the molecule is NNC(=O)N1C=CC2=C(C1)OCO2. The Labute approximate surface area is 74.5 Å². The van der Waals surface area contributed by atoms with Gasteiger partial charge >= 0.3 is 6.03 Å². The highest BCUT2D eigenvalue weighted by Crippen LogP contribution is 2.22. The molecule has 0 aromatic carbocycles. The summed E-state index contributed by atoms with van der Waals surface area (Å²) in [5.41, 5.74) is 2.03. The first-order valence-electron chi connectivity index (χ1n) is 3.75. The zero-order valence-corrected chi connectivity index (χ0v) is 6.82. The van der Waals surface area contributed by atoms with Crippen molar-refractivity contribution in [2.75, 3.05) is 13.3 Å². The van der Waals surface area contributed by atoms with Gasteiger partial charge in [-0.3, -0.25) is 10.3 Å². The fourth-order valence-corrected chi connectivity index (χ4v) is 1.17. The second-order valence-corrected chi connectivity index (χ2v) is 2.59. The average molecular weight is 183 g/mol. The molecule has 0 atom stereocenters. The van der Waals surface area contributed by atoms with E-state index >= 15 is 0 Å². The van der Waals surface area contributed by atoms with E-state index in [9.17, 15) is 4.79 Å². The van der Waals surface area contributed by atoms with E-state index in [4.69, 9.17) is 15.3 Å². The lowest BCUT2D eigenvalue weighted by molar-refractivity contribution is 0.0719. The number of carbonyl (C=O) groups is 1. The van der Waals surface area contributed by atoms with Crippen molar-refractivity contribution < 1.29 is 14.3 Å². The Kier molecular flexibility index (Phi) is 1.82. The van der Waals surface area contributed by atoms with E-state index in [1.54, 1.807) is 12.3 Å². The number of hydrogen-bond donors (Lipinski definition) is 2. The second-order valence-electron chi connectivity index (χ2n) is 2.59. The van der Waals surface area contributed by atoms with Gasteiger partial charge in [-0.05, 0) is 0 Å². The smallest absolute Gasteiger partial charge is 0.335 e. The molecule has 0 radical (unpaired) electrons. The van der Waals surface area contributed by atoms with Gasteiger partial charge in [-0.25, -0.2) is 10.6 Å². The summed E-state index contributed by atoms with van der Waals surface area (Å²) in [6, 6.07) is -0.377. The van der Waals surface area contributed by atoms with Gasteiger partial charge in [-0.15, -0.1) is 0 Å². The van der Waals surface area contributed by atoms with E-state index in [2.05, 4.69) is 0 Å². The maximum absolute atomic E-state index is 11.1. The van der Waals surface area contributed by atoms with Crippen molar-refractivity contribution >= 4 is 6.03 Å². The number of carbonyl (C=O) groups excluding carboxylic acids is 1. The monoisotopic (exact) mass is 183 g/mol. The van der Waals surface area contributed by atoms with Crippen molar-refractivity contribution in [2.45, 2.75) is 0 Å². The number of amides is 2. The third kappa shape index (κ3) is 1.31. The molecule has 0 spiro atoms. The van der Waals surface area contributed by atoms with Crippen LogP contribution in [0.3, 0.4) is 0 Å². The number of hydrazine groups is 1. The molecule has 0 aromatic heterocycles. The first-order valence-corrected chi connectivity index (χ1v) is 3.75. The van der Waals surface area contributed by atoms with Crippen LogP contribution in [0.25, 0.3) is 0 Å². The normalized spacial score (nSPS) is 19.3. The van der Waals surface area contributed by atoms with Crippen LogP contribution in [0.1, 0.15) is 0 Å². The molecule has 6 heteroatoms. The molecule has 2 aliphatic heterocycles. The van der Waals surface area contributed by atoms with E-state index < -0.39 is 0 Å². The Morgan fingerprint density at radius 1 is 1.62 bits per heavy atom. The van der Waals surface area contributed by atoms with Crippen molar-refractivity contribution in [2.24, 2.45) is 5.84 Å². The van der Waals surface area contributed by atoms with Crippen LogP contribution in [0.4, 0.5) is 4.79 Å². The third-order valence-corrected chi connectivity index (χ3v) is 1.83. The lowest BCUT2D eigenvalue weighted by Crippen LogP contribution is -2.42. The molecule has 3 N–H and O–H groups in total. The average Bonchev–Trinajstić information content (AvgIpc) is 2.63. The molecule has 0 aromatic rings. The predicted octanol–water partition coefficient (Wildman–Crippen LogP) is -0.385. The summed E-state index contributed by atoms with van der Waals surface area (Å²) in [6.07, 6.45) is 3.26. The lowest BCUT2D eigenvalue weighted by atomic mass is 10.3. The quantitative estimate of drug-likeness (QED) is 0.305. The van der Waals surface area contributed by atoms with Crippen LogP contribution in [0.5, 0.6) is 0 Å². The van der Waals surface area contributed by atoms with Crippen LogP contribution in [0.2, 0.25) is 0 Å². The number of nitrogens with one attached hydrogen (secondary N) is 1. The molecular formula is C7H9N3O3. The van der Waals surface area contributed by atoms with Crippen molar-refractivity contribution in [1.82, 2.24) is 10.3 Å². The highest BCUT2D eigenvalue weighted by molar-refractivity contribution is 5.75. The van der Waals surface area contributed by atoms with E-state index in [-0.39, 0.29) is 12.8 Å². The van der Waals surface area contributed by atoms with Gasteiger partial charge in [0.25, 0.3) is 0 Å². The largest absolute Gasteiger partial charge is 0.456 e. The van der Waals surface area contributed by atoms with Gasteiger partial charge in [0.15, 0.2) is 11.5 Å². The minimum absolute atomic E-state index is 0.215. The molecule has 0 aliphatic carbocycles. The molecule has 6 nitrogen and oxygen atoms in total. The highest BCUT2D eigenvalue weighted by Gasteiger charge is 2.24. The van der Waals surface area contributed by atoms with E-state index in [0.29, 0.717) is 18.1 Å². The number of urea groups is 1. The number of nitrogens with zero attached hydrogens (tertiary/aromatic N) is 1. The molecule has 2 rings (SSSR count). The Bertz CT molecular complexity index is 297. The van der Waals surface area contributed by atoms with Crippen LogP contribution in [-0.4, -0.2) is 24.3 Å². The maximum Gasteiger partial charge on any atom is 0.335 e. The molecule has 2 aliphatic rings. The molecule has 13 heavy (non-hydrogen) atoms. The van der Waals surface area contributed by atoms with Gasteiger partial charge in [0.2, 0.25) is 6.79 Å². The first-order chi connectivity index (χ1) is 6.31. The fourth-order valence-electron chi connectivity index (χ4n) is 1.17. The second kappa shape index (κ2) is 2.98. The molecule has 0 unspecified atom stereocenters. The van der Waals surface area contributed by atoms with Crippen LogP contribution >= 0.6 is 0 Å². The minimum Gasteiger partial charge on any atom is -0.456 e. The Morgan fingerprint density at radius 2 is 2.46 bits per heavy atom. The topological polar surface area (TPSA) is 76.8 Å². The van der Waals surface area contributed by atoms with Gasteiger partial charge in [0.1, 0.15) is 0 Å². The van der Waals surface area contributed by atoms with Gasteiger partial charge in [-0.2, -0.15) is 0 Å². The van der Waals surface area contributed by atoms with Gasteiger partial charge in [-0.1, -0.05) is 0 Å². The summed E-state index contributed by atoms with van der Waals surface area (Å²) in [5, 5.41) is 0. The first kappa shape index (κ1) is 7.93. The summed E-state index contributed by atoms with van der Waals surface area (Å²) in [7, 11) is 0. The molecule has 0 bridgehead atoms. The van der Waals surface area contributed by atoms with Gasteiger partial charge in [0, 0.05) is 12.3 Å². The molecular weight excluding hydrogens is 174 g/mol. The number of nitrogens with two attached hydrogens (primary N) is 1. The summed E-state index contributed by atoms with van der Waals surface area (Å²) in [5.74, 6) is 6.32. The van der Waals surface area contributed by atoms with Gasteiger partial charge in [0.05, 0.1) is 6.54 Å². The highest BCUT2D eigenvalue weighted by atomic mass is 16.7. The zero-order valence-electron chi connectivity index (χ0n) is 6.82. The molecule has 0 fully saturated rings. The van der Waals surface area contributed by atoms with E-state index in [1.165, 1.54) is 4.90 Å². The Morgan fingerprint density at radius 3 is 3.23 bits per heavy atom. The molecule has 0 saturated carbocycles. The fraction of sp³-hybridized carbons (Fsp3) is 0.286. The molecule has 70 valence electrons. The Hall–Kier alpha value is -1.69. The molecule has 2 heterocycles. The molecule has 0 saturated heterocycles. The minimum atomic E-state index is -0.377. The Balaban J connectivity index is 2.09. The van der Waals surface area contributed by atoms with E-state index in [1.807, 2.05) is 5.43 Å².